The Morgan fingerprint density at radius 3 is 2.73 bits per heavy atom. The Morgan fingerprint density at radius 2 is 2.09 bits per heavy atom. The molecule has 4 heteroatoms. The smallest absolute Gasteiger partial charge is 0.173 e. The van der Waals surface area contributed by atoms with Crippen LogP contribution in [0.4, 0.5) is 0 Å². The van der Waals surface area contributed by atoms with E-state index in [9.17, 15) is 10.4 Å². The number of nitrogens with zero attached hydrogens (tertiary/aromatic N) is 1. The lowest BCUT2D eigenvalue weighted by Gasteiger charge is -2.47. The van der Waals surface area contributed by atoms with E-state index < -0.39 is 5.79 Å². The molecule has 1 saturated heterocycles. The van der Waals surface area contributed by atoms with Gasteiger partial charge in [-0.15, -0.1) is 0 Å². The van der Waals surface area contributed by atoms with Gasteiger partial charge in [0.15, 0.2) is 5.79 Å². The Labute approximate surface area is 133 Å². The second kappa shape index (κ2) is 5.96. The number of hydrogen-bond donors (Lipinski definition) is 1. The fraction of sp³-hybridized carbons (Fsp3) is 0.833. The summed E-state index contributed by atoms with van der Waals surface area (Å²) < 4.78 is 12.1. The highest BCUT2D eigenvalue weighted by Crippen LogP contribution is 2.63. The molecular formula is C18H27NO3. The van der Waals surface area contributed by atoms with Crippen molar-refractivity contribution in [3.63, 3.8) is 0 Å². The number of nitriles is 1. The fourth-order valence-corrected chi connectivity index (χ4v) is 5.23. The lowest BCUT2D eigenvalue weighted by Crippen LogP contribution is -2.48. The summed E-state index contributed by atoms with van der Waals surface area (Å²) in [6.07, 6.45) is 6.11. The van der Waals surface area contributed by atoms with E-state index in [0.717, 1.165) is 44.1 Å². The summed E-state index contributed by atoms with van der Waals surface area (Å²) in [6, 6.07) is 2.54. The van der Waals surface area contributed by atoms with Crippen LogP contribution in [-0.2, 0) is 9.47 Å². The maximum absolute atomic E-state index is 9.67. The van der Waals surface area contributed by atoms with Crippen molar-refractivity contribution in [2.24, 2.45) is 23.2 Å². The Bertz CT molecular complexity index is 477. The first kappa shape index (κ1) is 16.0. The van der Waals surface area contributed by atoms with Crippen LogP contribution in [0, 0.1) is 34.5 Å². The molecule has 4 unspecified atom stereocenters. The van der Waals surface area contributed by atoms with Crippen LogP contribution in [0.25, 0.3) is 0 Å². The van der Waals surface area contributed by atoms with Crippen molar-refractivity contribution in [1.29, 1.82) is 5.26 Å². The summed E-state index contributed by atoms with van der Waals surface area (Å²) in [5, 5.41) is 19.0. The highest BCUT2D eigenvalue weighted by atomic mass is 16.7. The Kier molecular flexibility index (Phi) is 4.33. The minimum atomic E-state index is -0.527. The van der Waals surface area contributed by atoms with E-state index in [1.807, 2.05) is 0 Å². The normalized spacial score (nSPS) is 37.7. The third-order valence-corrected chi connectivity index (χ3v) is 6.25. The lowest BCUT2D eigenvalue weighted by molar-refractivity contribution is -0.210. The highest BCUT2D eigenvalue weighted by molar-refractivity contribution is 5.14. The Hall–Kier alpha value is -0.890. The number of rotatable bonds is 4. The zero-order valence-electron chi connectivity index (χ0n) is 13.5. The molecule has 0 aromatic rings. The molecule has 3 fully saturated rings. The predicted octanol–water partition coefficient (Wildman–Crippen LogP) is 3.02. The summed E-state index contributed by atoms with van der Waals surface area (Å²) in [5.74, 6) is -0.0817. The van der Waals surface area contributed by atoms with Crippen molar-refractivity contribution in [3.8, 4) is 6.07 Å². The van der Waals surface area contributed by atoms with Crippen LogP contribution < -0.4 is 0 Å². The van der Waals surface area contributed by atoms with Crippen LogP contribution in [0.15, 0.2) is 12.2 Å². The Balaban J connectivity index is 1.90. The van der Waals surface area contributed by atoms with Crippen LogP contribution in [0.1, 0.15) is 45.4 Å². The van der Waals surface area contributed by atoms with E-state index in [2.05, 4.69) is 19.6 Å². The van der Waals surface area contributed by atoms with Gasteiger partial charge in [-0.3, -0.25) is 0 Å². The largest absolute Gasteiger partial charge is 0.392 e. The second-order valence-corrected chi connectivity index (χ2v) is 7.40. The van der Waals surface area contributed by atoms with Crippen LogP contribution in [-0.4, -0.2) is 30.7 Å². The van der Waals surface area contributed by atoms with Gasteiger partial charge in [0.25, 0.3) is 0 Å². The van der Waals surface area contributed by atoms with Crippen molar-refractivity contribution < 1.29 is 14.6 Å². The average Bonchev–Trinajstić information content (AvgIpc) is 3.13. The van der Waals surface area contributed by atoms with Crippen molar-refractivity contribution in [2.45, 2.75) is 51.2 Å². The van der Waals surface area contributed by atoms with Gasteiger partial charge in [-0.25, -0.2) is 0 Å². The van der Waals surface area contributed by atoms with Gasteiger partial charge in [-0.05, 0) is 42.6 Å². The lowest BCUT2D eigenvalue weighted by atomic mass is 9.59. The molecule has 122 valence electrons. The molecule has 0 radical (unpaired) electrons. The van der Waals surface area contributed by atoms with E-state index in [0.29, 0.717) is 13.2 Å². The van der Waals surface area contributed by atoms with Gasteiger partial charge in [-0.1, -0.05) is 19.9 Å². The minimum absolute atomic E-state index is 0.0175. The van der Waals surface area contributed by atoms with Gasteiger partial charge in [0.2, 0.25) is 0 Å². The fourth-order valence-electron chi connectivity index (χ4n) is 5.23. The van der Waals surface area contributed by atoms with E-state index in [1.54, 1.807) is 0 Å². The zero-order valence-corrected chi connectivity index (χ0v) is 13.5. The van der Waals surface area contributed by atoms with Crippen molar-refractivity contribution in [1.82, 2.24) is 0 Å². The van der Waals surface area contributed by atoms with Crippen molar-refractivity contribution in [3.05, 3.63) is 12.2 Å². The molecule has 1 aliphatic heterocycles. The molecule has 2 aliphatic carbocycles. The van der Waals surface area contributed by atoms with E-state index in [-0.39, 0.29) is 29.8 Å². The molecule has 1 spiro atoms. The topological polar surface area (TPSA) is 62.5 Å². The molecule has 0 aromatic carbocycles. The predicted molar refractivity (Wildman–Crippen MR) is 82.8 cm³/mol. The first-order valence-electron chi connectivity index (χ1n) is 8.53. The van der Waals surface area contributed by atoms with E-state index in [1.165, 1.54) is 0 Å². The quantitative estimate of drug-likeness (QED) is 0.811. The van der Waals surface area contributed by atoms with Crippen LogP contribution in [0.5, 0.6) is 0 Å². The van der Waals surface area contributed by atoms with Gasteiger partial charge < -0.3 is 14.6 Å². The number of aliphatic hydroxyl groups is 1. The van der Waals surface area contributed by atoms with Crippen LogP contribution in [0.2, 0.25) is 0 Å². The SMILES string of the molecule is C=C(CO)C(C)CC12CCCC(C#N)C1C1(CC2)OCCO1. The summed E-state index contributed by atoms with van der Waals surface area (Å²) in [6.45, 7) is 7.47. The summed E-state index contributed by atoms with van der Waals surface area (Å²) >= 11 is 0. The standard InChI is InChI=1S/C18H27NO3/c1-13(14(2)12-20)10-17-5-3-4-15(11-19)16(17)18(7-6-17)21-8-9-22-18/h13,15-16,20H,2-10,12H2,1H3. The molecule has 3 aliphatic rings. The van der Waals surface area contributed by atoms with Gasteiger partial charge >= 0.3 is 0 Å². The summed E-state index contributed by atoms with van der Waals surface area (Å²) in [4.78, 5) is 0. The molecule has 1 N–H and O–H groups in total. The second-order valence-electron chi connectivity index (χ2n) is 7.40. The monoisotopic (exact) mass is 305 g/mol. The van der Waals surface area contributed by atoms with Gasteiger partial charge in [0.05, 0.1) is 31.8 Å². The van der Waals surface area contributed by atoms with Gasteiger partial charge in [0, 0.05) is 12.3 Å². The maximum Gasteiger partial charge on any atom is 0.173 e. The van der Waals surface area contributed by atoms with Gasteiger partial charge in [-0.2, -0.15) is 5.26 Å². The van der Waals surface area contributed by atoms with Crippen molar-refractivity contribution >= 4 is 0 Å². The van der Waals surface area contributed by atoms with E-state index in [4.69, 9.17) is 9.47 Å². The van der Waals surface area contributed by atoms with Crippen molar-refractivity contribution in [2.75, 3.05) is 19.8 Å². The zero-order chi connectivity index (χ0) is 15.8. The van der Waals surface area contributed by atoms with Crippen LogP contribution >= 0.6 is 0 Å². The number of hydrogen-bond acceptors (Lipinski definition) is 4. The molecule has 0 amide bonds. The molecule has 4 atom stereocenters. The molecule has 3 rings (SSSR count). The molecule has 0 aromatic heterocycles. The number of fused-ring (bicyclic) bond motifs is 2. The molecule has 0 bridgehead atoms. The average molecular weight is 305 g/mol. The Morgan fingerprint density at radius 1 is 1.36 bits per heavy atom. The first-order chi connectivity index (χ1) is 10.6. The highest BCUT2D eigenvalue weighted by Gasteiger charge is 2.63. The number of ether oxygens (including phenoxy) is 2. The molecule has 1 heterocycles. The summed E-state index contributed by atoms with van der Waals surface area (Å²) in [5.41, 5.74) is 0.988. The van der Waals surface area contributed by atoms with Gasteiger partial charge in [0.1, 0.15) is 0 Å². The third kappa shape index (κ3) is 2.40. The molecule has 22 heavy (non-hydrogen) atoms. The molecule has 4 nitrogen and oxygen atoms in total. The third-order valence-electron chi connectivity index (χ3n) is 6.25. The van der Waals surface area contributed by atoms with Crippen LogP contribution in [0.3, 0.4) is 0 Å². The number of aliphatic hydroxyl groups excluding tert-OH is 1. The molecule has 2 saturated carbocycles. The summed E-state index contributed by atoms with van der Waals surface area (Å²) in [7, 11) is 0. The molecular weight excluding hydrogens is 278 g/mol. The minimum Gasteiger partial charge on any atom is -0.392 e. The first-order valence-corrected chi connectivity index (χ1v) is 8.53. The van der Waals surface area contributed by atoms with E-state index >= 15 is 0 Å². The maximum atomic E-state index is 9.67.